The largest absolute Gasteiger partial charge is 0.394 e. The fourth-order valence-corrected chi connectivity index (χ4v) is 1.15. The van der Waals surface area contributed by atoms with E-state index in [4.69, 9.17) is 57.8 Å². The zero-order chi connectivity index (χ0) is 67.7. The number of benzene rings is 1. The van der Waals surface area contributed by atoms with Gasteiger partial charge >= 0.3 is 0 Å². The molecule has 0 saturated carbocycles. The summed E-state index contributed by atoms with van der Waals surface area (Å²) in [5, 5.41) is 8.06. The van der Waals surface area contributed by atoms with Gasteiger partial charge in [0.1, 0.15) is 67.9 Å². The number of hydrogen-bond donors (Lipinski definition) is 11. The van der Waals surface area contributed by atoms with Crippen LogP contribution in [0.15, 0.2) is 30.3 Å². The molecule has 0 spiro atoms. The second-order valence-corrected chi connectivity index (χ2v) is 12.6. The second-order valence-electron chi connectivity index (χ2n) is 12.6. The predicted octanol–water partition coefficient (Wildman–Crippen LogP) is 12.2. The van der Waals surface area contributed by atoms with Crippen LogP contribution >= 0.6 is 0 Å². The van der Waals surface area contributed by atoms with Gasteiger partial charge in [-0.25, -0.2) is 0 Å². The van der Waals surface area contributed by atoms with Crippen molar-refractivity contribution >= 4 is 67.9 Å². The highest BCUT2D eigenvalue weighted by atomic mass is 16.5. The van der Waals surface area contributed by atoms with Gasteiger partial charge in [-0.2, -0.15) is 0 Å². The van der Waals surface area contributed by atoms with Crippen molar-refractivity contribution in [2.24, 2.45) is 52.3 Å². The van der Waals surface area contributed by atoms with E-state index in [0.717, 1.165) is 36.7 Å². The molecule has 0 amide bonds. The minimum atomic E-state index is -0.167. The van der Waals surface area contributed by atoms with Crippen LogP contribution in [0.1, 0.15) is 198 Å². The van der Waals surface area contributed by atoms with Crippen LogP contribution in [0.2, 0.25) is 0 Å². The molecular formula is C57H156N10O12. The molecule has 0 aliphatic rings. The Labute approximate surface area is 495 Å². The van der Waals surface area contributed by atoms with Crippen LogP contribution < -0.4 is 59.4 Å². The van der Waals surface area contributed by atoms with Gasteiger partial charge in [0.25, 0.3) is 0 Å². The molecule has 22 nitrogen and oxygen atoms in total. The first-order chi connectivity index (χ1) is 35.3. The summed E-state index contributed by atoms with van der Waals surface area (Å²) in [6.45, 7) is 73.0. The monoisotopic (exact) mass is 1170 g/mol. The molecule has 0 aliphatic heterocycles. The average Bonchev–Trinajstić information content (AvgIpc) is 3.48. The van der Waals surface area contributed by atoms with Crippen LogP contribution in [-0.2, 0) is 59.1 Å². The van der Waals surface area contributed by atoms with Gasteiger partial charge < -0.3 is 117 Å². The van der Waals surface area contributed by atoms with Crippen molar-refractivity contribution in [3.8, 4) is 0 Å². The number of rotatable bonds is 5. The number of hydrogen-bond acceptors (Lipinski definition) is 22. The first-order valence-electron chi connectivity index (χ1n) is 24.4. The molecule has 26 N–H and O–H groups in total. The summed E-state index contributed by atoms with van der Waals surface area (Å²) in [5.41, 5.74) is 24.0. The molecule has 0 aromatic heterocycles. The number of carbonyl (C=O) groups is 10. The van der Waals surface area contributed by atoms with Gasteiger partial charge in [0.15, 0.2) is 0 Å². The lowest BCUT2D eigenvalue weighted by Gasteiger charge is -2.17. The summed E-state index contributed by atoms with van der Waals surface area (Å²) in [7, 11) is 7.50. The lowest BCUT2D eigenvalue weighted by atomic mass is 10.2. The Morgan fingerprint density at radius 2 is 0.494 bits per heavy atom. The van der Waals surface area contributed by atoms with Gasteiger partial charge in [-0.3, -0.25) is 0 Å². The van der Waals surface area contributed by atoms with Crippen molar-refractivity contribution in [2.75, 3.05) is 41.8 Å². The van der Waals surface area contributed by atoms with E-state index in [-0.39, 0.29) is 42.5 Å². The van der Waals surface area contributed by atoms with Gasteiger partial charge in [-0.1, -0.05) is 181 Å². The molecular weight excluding hydrogens is 1020 g/mol. The topological polar surface area (TPSA) is 505 Å². The maximum absolute atomic E-state index is 8.06. The van der Waals surface area contributed by atoms with E-state index in [0.29, 0.717) is 0 Å². The third kappa shape index (κ3) is 1570. The third-order valence-electron chi connectivity index (χ3n) is 4.28. The molecule has 0 aliphatic carbocycles. The minimum Gasteiger partial charge on any atom is -0.394 e. The number of aliphatic hydroxyl groups is 1. The maximum atomic E-state index is 8.06. The molecule has 0 heterocycles. The lowest BCUT2D eigenvalue weighted by Crippen LogP contribution is -2.18. The Morgan fingerprint density at radius 3 is 0.532 bits per heavy atom. The molecule has 0 atom stereocenters. The van der Waals surface area contributed by atoms with Crippen LogP contribution in [0.4, 0.5) is 0 Å². The van der Waals surface area contributed by atoms with E-state index in [1.165, 1.54) is 60.1 Å². The Bertz CT molecular complexity index is 624. The molecule has 1 rings (SSSR count). The molecule has 0 bridgehead atoms. The van der Waals surface area contributed by atoms with Crippen LogP contribution in [0.25, 0.3) is 0 Å². The lowest BCUT2D eigenvalue weighted by molar-refractivity contribution is -0.0987. The number of nitrogens with two attached hydrogens (primary N) is 5. The number of aryl methyl sites for hydroxylation is 1. The van der Waals surface area contributed by atoms with Gasteiger partial charge in [0.2, 0.25) is 0 Å². The predicted molar refractivity (Wildman–Crippen MR) is 361 cm³/mol. The highest BCUT2D eigenvalue weighted by Gasteiger charge is 2.06. The summed E-state index contributed by atoms with van der Waals surface area (Å²) >= 11 is 0. The van der Waals surface area contributed by atoms with Crippen molar-refractivity contribution in [1.29, 1.82) is 0 Å². The van der Waals surface area contributed by atoms with Gasteiger partial charge in [-0.05, 0) is 112 Å². The molecule has 79 heavy (non-hydrogen) atoms. The Hall–Kier alpha value is -4.56. The van der Waals surface area contributed by atoms with Crippen LogP contribution in [0, 0.1) is 23.7 Å². The van der Waals surface area contributed by atoms with E-state index < -0.39 is 0 Å². The van der Waals surface area contributed by atoms with E-state index in [1.807, 2.05) is 122 Å². The maximum Gasteiger partial charge on any atom is 0.106 e. The van der Waals surface area contributed by atoms with Gasteiger partial charge in [-0.15, -0.1) is 0 Å². The summed E-state index contributed by atoms with van der Waals surface area (Å²) < 4.78 is 5.23. The van der Waals surface area contributed by atoms with E-state index in [2.05, 4.69) is 164 Å². The first kappa shape index (κ1) is 194. The van der Waals surface area contributed by atoms with E-state index in [9.17, 15) is 0 Å². The fraction of sp³-hybridized carbons (Fsp3) is 0.719. The van der Waals surface area contributed by atoms with Crippen LogP contribution in [0.3, 0.4) is 0 Å². The van der Waals surface area contributed by atoms with Gasteiger partial charge in [0, 0.05) is 12.7 Å². The molecule has 506 valence electrons. The fourth-order valence-electron chi connectivity index (χ4n) is 1.15. The summed E-state index contributed by atoms with van der Waals surface area (Å²) in [6.07, 6.45) is 4.89. The zero-order valence-corrected chi connectivity index (χ0v) is 58.7. The molecule has 0 fully saturated rings. The van der Waals surface area contributed by atoms with Gasteiger partial charge in [0.05, 0.1) is 5.60 Å². The summed E-state index contributed by atoms with van der Waals surface area (Å²) in [5.74, 6) is 3.49. The molecule has 0 saturated heterocycles. The molecule has 1 aromatic carbocycles. The number of ether oxygens (including phenoxy) is 1. The molecule has 0 unspecified atom stereocenters. The van der Waals surface area contributed by atoms with Crippen molar-refractivity contribution in [3.63, 3.8) is 0 Å². The van der Waals surface area contributed by atoms with Crippen molar-refractivity contribution in [1.82, 2.24) is 30.8 Å². The summed E-state index contributed by atoms with van der Waals surface area (Å²) in [6, 6.07) is 10.5. The molecule has 1 aromatic rings. The standard InChI is InChI=1S/C8H10.C6H14O.3C5H12.C4H10.C3H8O.3C2H6.5CH5N.10CH2O.5H3N/c1-2-8-6-4-3-5-7-8;1-5-7-6(2,3)4;3*1-4-5(2)3;1-4(2)3;1-3(2)4;18*1-2;;;;;/h3-7H,2H2,1H3;5H2,1-4H3;3*5H,4H2,1-3H3;4H,1-3H3;3-4H,1-2H3;3*1-2H3;5*2H2,1H3;10*1H2;5*1H3. The first-order valence-corrected chi connectivity index (χ1v) is 24.4. The summed E-state index contributed by atoms with van der Waals surface area (Å²) in [4.78, 5) is 80.0. The van der Waals surface area contributed by atoms with Crippen LogP contribution in [-0.4, -0.2) is 127 Å². The minimum absolute atomic E-state index is 0. The zero-order valence-electron chi connectivity index (χ0n) is 58.7. The third-order valence-corrected chi connectivity index (χ3v) is 4.28. The SMILES string of the molecule is C=O.C=O.C=O.C=O.C=O.C=O.C=O.C=O.C=O.C=O.CC.CC.CC.CC(C)C.CC(C)O.CCC(C)C.CCC(C)C.CCC(C)C.CCOC(C)(C)C.CCc1ccccc1.CN.CN.CN.CN.CN.N.N.N.N.N. The number of carbonyl (C=O) groups excluding carboxylic acids is 10. The average molecular weight is 1170 g/mol. The second kappa shape index (κ2) is 416. The number of aliphatic hydroxyl groups excluding tert-OH is 1. The highest BCUT2D eigenvalue weighted by Crippen LogP contribution is 2.04. The smallest absolute Gasteiger partial charge is 0.106 e. The Morgan fingerprint density at radius 1 is 0.380 bits per heavy atom. The molecule has 22 heteroatoms. The Balaban J connectivity index is -0.0000000124. The van der Waals surface area contributed by atoms with Crippen molar-refractivity contribution < 1.29 is 57.8 Å². The van der Waals surface area contributed by atoms with Crippen molar-refractivity contribution in [2.45, 2.75) is 210 Å². The quantitative estimate of drug-likeness (QED) is 0.130. The Kier molecular flexibility index (Phi) is 1020. The van der Waals surface area contributed by atoms with E-state index in [1.54, 1.807) is 13.8 Å². The van der Waals surface area contributed by atoms with Crippen LogP contribution in [0.5, 0.6) is 0 Å². The molecule has 0 radical (unpaired) electrons. The van der Waals surface area contributed by atoms with Crippen molar-refractivity contribution in [3.05, 3.63) is 35.9 Å². The highest BCUT2D eigenvalue weighted by molar-refractivity contribution is 5.14. The van der Waals surface area contributed by atoms with E-state index >= 15 is 0 Å². The normalized spacial score (nSPS) is 5.84.